The molecule has 1 saturated heterocycles. The Morgan fingerprint density at radius 3 is 2.63 bits per heavy atom. The molecule has 2 nitrogen and oxygen atoms in total. The molecule has 1 atom stereocenters. The molecule has 0 spiro atoms. The van der Waals surface area contributed by atoms with Crippen molar-refractivity contribution >= 4 is 0 Å². The quantitative estimate of drug-likeness (QED) is 0.834. The predicted molar refractivity (Wildman–Crippen MR) is 67.2 cm³/mol. The molecule has 1 aliphatic rings. The van der Waals surface area contributed by atoms with Crippen LogP contribution in [0, 0.1) is 0 Å². The van der Waals surface area contributed by atoms with Gasteiger partial charge in [-0.15, -0.1) is 0 Å². The van der Waals surface area contributed by atoms with Crippen LogP contribution in [-0.4, -0.2) is 30.1 Å². The van der Waals surface area contributed by atoms with Gasteiger partial charge in [0.25, 0.3) is 0 Å². The summed E-state index contributed by atoms with van der Waals surface area (Å²) in [5.74, 6) is 0.297. The first kappa shape index (κ1) is 14.2. The predicted octanol–water partition coefficient (Wildman–Crippen LogP) is 3.57. The monoisotopic (exact) mass is 273 g/mol. The summed E-state index contributed by atoms with van der Waals surface area (Å²) in [6.07, 6.45) is -3.49. The summed E-state index contributed by atoms with van der Waals surface area (Å²) in [6, 6.07) is 5.52. The Bertz CT molecular complexity index is 431. The molecule has 1 fully saturated rings. The number of hydrogen-bond donors (Lipinski definition) is 0. The average molecular weight is 273 g/mol. The number of hydrogen-bond acceptors (Lipinski definition) is 2. The molecule has 0 saturated carbocycles. The molecule has 5 heteroatoms. The zero-order valence-electron chi connectivity index (χ0n) is 11.1. The minimum absolute atomic E-state index is 0.0223. The van der Waals surface area contributed by atoms with Crippen molar-refractivity contribution in [3.05, 3.63) is 29.8 Å². The van der Waals surface area contributed by atoms with Gasteiger partial charge in [0, 0.05) is 19.1 Å². The van der Waals surface area contributed by atoms with Crippen molar-refractivity contribution in [3.63, 3.8) is 0 Å². The van der Waals surface area contributed by atoms with Crippen LogP contribution >= 0.6 is 0 Å². The molecule has 1 unspecified atom stereocenters. The van der Waals surface area contributed by atoms with Crippen LogP contribution in [-0.2, 0) is 6.18 Å². The summed E-state index contributed by atoms with van der Waals surface area (Å²) in [5.41, 5.74) is -0.663. The van der Waals surface area contributed by atoms with E-state index in [1.165, 1.54) is 6.07 Å². The first-order valence-corrected chi connectivity index (χ1v) is 6.44. The van der Waals surface area contributed by atoms with E-state index in [0.717, 1.165) is 31.6 Å². The molecule has 19 heavy (non-hydrogen) atoms. The molecule has 2 rings (SSSR count). The zero-order chi connectivity index (χ0) is 14.0. The maximum absolute atomic E-state index is 12.6. The summed E-state index contributed by atoms with van der Waals surface area (Å²) < 4.78 is 43.4. The highest BCUT2D eigenvalue weighted by molar-refractivity contribution is 5.30. The van der Waals surface area contributed by atoms with Crippen LogP contribution in [0.4, 0.5) is 13.2 Å². The van der Waals surface area contributed by atoms with E-state index in [1.807, 2.05) is 0 Å². The van der Waals surface area contributed by atoms with Crippen LogP contribution < -0.4 is 4.74 Å². The Morgan fingerprint density at radius 1 is 1.32 bits per heavy atom. The highest BCUT2D eigenvalue weighted by atomic mass is 19.4. The van der Waals surface area contributed by atoms with Gasteiger partial charge in [-0.2, -0.15) is 13.2 Å². The van der Waals surface area contributed by atoms with Gasteiger partial charge in [-0.3, -0.25) is 4.90 Å². The highest BCUT2D eigenvalue weighted by Crippen LogP contribution is 2.32. The van der Waals surface area contributed by atoms with Gasteiger partial charge < -0.3 is 4.74 Å². The van der Waals surface area contributed by atoms with E-state index in [0.29, 0.717) is 11.8 Å². The Morgan fingerprint density at radius 2 is 2.05 bits per heavy atom. The summed E-state index contributed by atoms with van der Waals surface area (Å²) in [5, 5.41) is 0. The maximum atomic E-state index is 12.6. The fraction of sp³-hybridized carbons (Fsp3) is 0.571. The molecule has 0 aromatic heterocycles. The SMILES string of the molecule is CC(C)N1CCC(Oc2cccc(C(F)(F)F)c2)C1. The van der Waals surface area contributed by atoms with E-state index in [1.54, 1.807) is 6.07 Å². The van der Waals surface area contributed by atoms with Crippen molar-refractivity contribution in [2.75, 3.05) is 13.1 Å². The fourth-order valence-electron chi connectivity index (χ4n) is 2.26. The van der Waals surface area contributed by atoms with Crippen LogP contribution in [0.2, 0.25) is 0 Å². The van der Waals surface area contributed by atoms with E-state index in [9.17, 15) is 13.2 Å². The molecule has 0 N–H and O–H groups in total. The van der Waals surface area contributed by atoms with Crippen molar-refractivity contribution in [3.8, 4) is 5.75 Å². The van der Waals surface area contributed by atoms with Gasteiger partial charge in [0.15, 0.2) is 0 Å². The summed E-state index contributed by atoms with van der Waals surface area (Å²) >= 11 is 0. The number of halogens is 3. The summed E-state index contributed by atoms with van der Waals surface area (Å²) in [4.78, 5) is 2.26. The largest absolute Gasteiger partial charge is 0.489 e. The van der Waals surface area contributed by atoms with Gasteiger partial charge in [-0.1, -0.05) is 6.07 Å². The number of likely N-dealkylation sites (tertiary alicyclic amines) is 1. The molecule has 1 heterocycles. The van der Waals surface area contributed by atoms with Gasteiger partial charge in [0.05, 0.1) is 5.56 Å². The molecular formula is C14H18F3NO. The lowest BCUT2D eigenvalue weighted by atomic mass is 10.2. The Hall–Kier alpha value is -1.23. The molecule has 0 bridgehead atoms. The van der Waals surface area contributed by atoms with Crippen LogP contribution in [0.15, 0.2) is 24.3 Å². The molecule has 1 aromatic rings. The molecular weight excluding hydrogens is 255 g/mol. The first-order chi connectivity index (χ1) is 8.86. The van der Waals surface area contributed by atoms with Crippen molar-refractivity contribution in [2.45, 2.75) is 38.6 Å². The van der Waals surface area contributed by atoms with Gasteiger partial charge >= 0.3 is 6.18 Å². The van der Waals surface area contributed by atoms with Crippen molar-refractivity contribution in [1.82, 2.24) is 4.90 Å². The van der Waals surface area contributed by atoms with Gasteiger partial charge in [-0.25, -0.2) is 0 Å². The van der Waals surface area contributed by atoms with Gasteiger partial charge in [0.2, 0.25) is 0 Å². The van der Waals surface area contributed by atoms with Gasteiger partial charge in [-0.05, 0) is 38.5 Å². The van der Waals surface area contributed by atoms with Crippen LogP contribution in [0.25, 0.3) is 0 Å². The third-order valence-corrected chi connectivity index (χ3v) is 3.37. The van der Waals surface area contributed by atoms with E-state index in [2.05, 4.69) is 18.7 Å². The smallest absolute Gasteiger partial charge is 0.416 e. The Labute approximate surface area is 111 Å². The second-order valence-corrected chi connectivity index (χ2v) is 5.14. The third kappa shape index (κ3) is 3.62. The standard InChI is InChI=1S/C14H18F3NO/c1-10(2)18-7-6-13(9-18)19-12-5-3-4-11(8-12)14(15,16)17/h3-5,8,10,13H,6-7,9H2,1-2H3. The number of alkyl halides is 3. The number of ether oxygens (including phenoxy) is 1. The topological polar surface area (TPSA) is 12.5 Å². The van der Waals surface area contributed by atoms with Crippen molar-refractivity contribution in [1.29, 1.82) is 0 Å². The molecule has 0 aliphatic carbocycles. The Balaban J connectivity index is 2.01. The molecule has 0 radical (unpaired) electrons. The molecule has 1 aliphatic heterocycles. The Kier molecular flexibility index (Phi) is 4.04. The van der Waals surface area contributed by atoms with Gasteiger partial charge in [0.1, 0.15) is 11.9 Å². The van der Waals surface area contributed by atoms with E-state index < -0.39 is 11.7 Å². The third-order valence-electron chi connectivity index (χ3n) is 3.37. The lowest BCUT2D eigenvalue weighted by Crippen LogP contribution is -2.30. The summed E-state index contributed by atoms with van der Waals surface area (Å²) in [7, 11) is 0. The van der Waals surface area contributed by atoms with Crippen LogP contribution in [0.3, 0.4) is 0 Å². The second kappa shape index (κ2) is 5.41. The van der Waals surface area contributed by atoms with E-state index in [4.69, 9.17) is 4.74 Å². The highest BCUT2D eigenvalue weighted by Gasteiger charge is 2.31. The number of rotatable bonds is 3. The van der Waals surface area contributed by atoms with E-state index >= 15 is 0 Å². The van der Waals surface area contributed by atoms with Crippen LogP contribution in [0.1, 0.15) is 25.8 Å². The minimum atomic E-state index is -4.32. The summed E-state index contributed by atoms with van der Waals surface area (Å²) in [6.45, 7) is 5.91. The fourth-order valence-corrected chi connectivity index (χ4v) is 2.26. The zero-order valence-corrected chi connectivity index (χ0v) is 11.1. The minimum Gasteiger partial charge on any atom is -0.489 e. The molecule has 0 amide bonds. The maximum Gasteiger partial charge on any atom is 0.416 e. The van der Waals surface area contributed by atoms with Crippen molar-refractivity contribution < 1.29 is 17.9 Å². The lowest BCUT2D eigenvalue weighted by Gasteiger charge is -2.20. The van der Waals surface area contributed by atoms with Crippen molar-refractivity contribution in [2.24, 2.45) is 0 Å². The molecule has 106 valence electrons. The first-order valence-electron chi connectivity index (χ1n) is 6.44. The molecule has 1 aromatic carbocycles. The lowest BCUT2D eigenvalue weighted by molar-refractivity contribution is -0.137. The number of benzene rings is 1. The average Bonchev–Trinajstić information content (AvgIpc) is 2.77. The number of nitrogens with zero attached hydrogens (tertiary/aromatic N) is 1. The van der Waals surface area contributed by atoms with E-state index in [-0.39, 0.29) is 6.10 Å². The van der Waals surface area contributed by atoms with Crippen LogP contribution in [0.5, 0.6) is 5.75 Å². The second-order valence-electron chi connectivity index (χ2n) is 5.14. The normalized spacial score (nSPS) is 21.1.